The predicted molar refractivity (Wildman–Crippen MR) is 63.7 cm³/mol. The van der Waals surface area contributed by atoms with Crippen LogP contribution in [0.3, 0.4) is 0 Å². The van der Waals surface area contributed by atoms with Gasteiger partial charge >= 0.3 is 0 Å². The van der Waals surface area contributed by atoms with Crippen LogP contribution < -0.4 is 0 Å². The van der Waals surface area contributed by atoms with Crippen molar-refractivity contribution in [3.8, 4) is 0 Å². The summed E-state index contributed by atoms with van der Waals surface area (Å²) >= 11 is 0. The summed E-state index contributed by atoms with van der Waals surface area (Å²) in [5.41, 5.74) is 1.53. The summed E-state index contributed by atoms with van der Waals surface area (Å²) in [6.45, 7) is 0. The van der Waals surface area contributed by atoms with Gasteiger partial charge in [-0.25, -0.2) is 0 Å². The molecule has 0 spiro atoms. The SMILES string of the molecule is OC(CC1=CCCCC1)C1CCCCC1. The van der Waals surface area contributed by atoms with Crippen LogP contribution in [0.4, 0.5) is 0 Å². The molecule has 15 heavy (non-hydrogen) atoms. The Labute approximate surface area is 93.6 Å². The zero-order valence-corrected chi connectivity index (χ0v) is 9.75. The Balaban J connectivity index is 1.79. The minimum absolute atomic E-state index is 0.0466. The lowest BCUT2D eigenvalue weighted by molar-refractivity contribution is 0.0840. The molecule has 1 heteroatoms. The fourth-order valence-electron chi connectivity index (χ4n) is 3.04. The summed E-state index contributed by atoms with van der Waals surface area (Å²) in [5.74, 6) is 0.599. The van der Waals surface area contributed by atoms with Crippen LogP contribution in [-0.2, 0) is 0 Å². The summed E-state index contributed by atoms with van der Waals surface area (Å²) < 4.78 is 0. The van der Waals surface area contributed by atoms with Gasteiger partial charge in [0.1, 0.15) is 0 Å². The summed E-state index contributed by atoms with van der Waals surface area (Å²) in [7, 11) is 0. The molecule has 1 nitrogen and oxygen atoms in total. The summed E-state index contributed by atoms with van der Waals surface area (Å²) in [5, 5.41) is 10.2. The molecule has 2 aliphatic rings. The summed E-state index contributed by atoms with van der Waals surface area (Å²) in [4.78, 5) is 0. The largest absolute Gasteiger partial charge is 0.393 e. The zero-order valence-electron chi connectivity index (χ0n) is 9.75. The third-order valence-corrected chi connectivity index (χ3v) is 4.05. The van der Waals surface area contributed by atoms with Gasteiger partial charge in [-0.05, 0) is 50.9 Å². The second-order valence-electron chi connectivity index (χ2n) is 5.28. The van der Waals surface area contributed by atoms with Crippen LogP contribution in [-0.4, -0.2) is 11.2 Å². The molecular formula is C14H24O. The first kappa shape index (κ1) is 11.2. The molecule has 1 saturated carbocycles. The van der Waals surface area contributed by atoms with Crippen molar-refractivity contribution in [3.63, 3.8) is 0 Å². The fraction of sp³-hybridized carbons (Fsp3) is 0.857. The number of rotatable bonds is 3. The first-order chi connectivity index (χ1) is 7.36. The minimum Gasteiger partial charge on any atom is -0.393 e. The van der Waals surface area contributed by atoms with E-state index in [1.54, 1.807) is 0 Å². The maximum Gasteiger partial charge on any atom is 0.0605 e. The molecule has 0 amide bonds. The van der Waals surface area contributed by atoms with Crippen molar-refractivity contribution in [1.29, 1.82) is 0 Å². The van der Waals surface area contributed by atoms with Gasteiger partial charge in [0, 0.05) is 0 Å². The molecule has 0 saturated heterocycles. The summed E-state index contributed by atoms with van der Waals surface area (Å²) in [6, 6.07) is 0. The second kappa shape index (κ2) is 5.69. The molecule has 0 heterocycles. The van der Waals surface area contributed by atoms with E-state index in [0.29, 0.717) is 5.92 Å². The van der Waals surface area contributed by atoms with Crippen molar-refractivity contribution in [1.82, 2.24) is 0 Å². The van der Waals surface area contributed by atoms with Crippen LogP contribution in [0, 0.1) is 5.92 Å². The number of aliphatic hydroxyl groups excluding tert-OH is 1. The monoisotopic (exact) mass is 208 g/mol. The van der Waals surface area contributed by atoms with Crippen molar-refractivity contribution in [2.45, 2.75) is 70.3 Å². The van der Waals surface area contributed by atoms with E-state index < -0.39 is 0 Å². The van der Waals surface area contributed by atoms with Crippen molar-refractivity contribution < 1.29 is 5.11 Å². The van der Waals surface area contributed by atoms with Crippen LogP contribution >= 0.6 is 0 Å². The standard InChI is InChI=1S/C14H24O/c15-14(13-9-5-2-6-10-13)11-12-7-3-1-4-8-12/h7,13-15H,1-6,8-11H2. The van der Waals surface area contributed by atoms with Crippen molar-refractivity contribution in [2.24, 2.45) is 5.92 Å². The van der Waals surface area contributed by atoms with Gasteiger partial charge in [0.05, 0.1) is 6.10 Å². The smallest absolute Gasteiger partial charge is 0.0605 e. The fourth-order valence-corrected chi connectivity index (χ4v) is 3.04. The van der Waals surface area contributed by atoms with Gasteiger partial charge in [-0.3, -0.25) is 0 Å². The normalized spacial score (nSPS) is 26.1. The van der Waals surface area contributed by atoms with E-state index in [2.05, 4.69) is 6.08 Å². The van der Waals surface area contributed by atoms with E-state index in [1.807, 2.05) is 0 Å². The molecule has 2 aliphatic carbocycles. The number of hydrogen-bond donors (Lipinski definition) is 1. The van der Waals surface area contributed by atoms with Crippen LogP contribution in [0.15, 0.2) is 11.6 Å². The number of aliphatic hydroxyl groups is 1. The lowest BCUT2D eigenvalue weighted by atomic mass is 9.82. The molecule has 0 aromatic rings. The Morgan fingerprint density at radius 3 is 2.60 bits per heavy atom. The predicted octanol–water partition coefficient (Wildman–Crippen LogP) is 3.82. The van der Waals surface area contributed by atoms with E-state index in [9.17, 15) is 5.11 Å². The molecule has 1 fully saturated rings. The topological polar surface area (TPSA) is 20.2 Å². The van der Waals surface area contributed by atoms with Crippen LogP contribution in [0.5, 0.6) is 0 Å². The highest BCUT2D eigenvalue weighted by atomic mass is 16.3. The first-order valence-electron chi connectivity index (χ1n) is 6.72. The average Bonchev–Trinajstić information content (AvgIpc) is 2.31. The molecule has 0 aliphatic heterocycles. The average molecular weight is 208 g/mol. The Morgan fingerprint density at radius 2 is 1.93 bits per heavy atom. The van der Waals surface area contributed by atoms with Gasteiger partial charge < -0.3 is 5.11 Å². The van der Waals surface area contributed by atoms with Crippen LogP contribution in [0.1, 0.15) is 64.2 Å². The van der Waals surface area contributed by atoms with Crippen LogP contribution in [0.2, 0.25) is 0 Å². The molecule has 1 N–H and O–H groups in total. The van der Waals surface area contributed by atoms with E-state index in [4.69, 9.17) is 0 Å². The Hall–Kier alpha value is -0.300. The molecule has 1 unspecified atom stereocenters. The number of allylic oxidation sites excluding steroid dienone is 1. The molecular weight excluding hydrogens is 184 g/mol. The van der Waals surface area contributed by atoms with E-state index in [-0.39, 0.29) is 6.10 Å². The third-order valence-electron chi connectivity index (χ3n) is 4.05. The molecule has 0 bridgehead atoms. The lowest BCUT2D eigenvalue weighted by Crippen LogP contribution is -2.23. The maximum atomic E-state index is 10.2. The Morgan fingerprint density at radius 1 is 1.13 bits per heavy atom. The van der Waals surface area contributed by atoms with Crippen molar-refractivity contribution in [2.75, 3.05) is 0 Å². The van der Waals surface area contributed by atoms with Crippen molar-refractivity contribution in [3.05, 3.63) is 11.6 Å². The van der Waals surface area contributed by atoms with Crippen LogP contribution in [0.25, 0.3) is 0 Å². The maximum absolute atomic E-state index is 10.2. The third kappa shape index (κ3) is 3.34. The van der Waals surface area contributed by atoms with E-state index >= 15 is 0 Å². The second-order valence-corrected chi connectivity index (χ2v) is 5.28. The molecule has 0 aromatic carbocycles. The highest BCUT2D eigenvalue weighted by Gasteiger charge is 2.22. The Bertz CT molecular complexity index is 213. The minimum atomic E-state index is -0.0466. The van der Waals surface area contributed by atoms with Gasteiger partial charge in [-0.15, -0.1) is 0 Å². The number of hydrogen-bond acceptors (Lipinski definition) is 1. The first-order valence-corrected chi connectivity index (χ1v) is 6.72. The molecule has 1 atom stereocenters. The van der Waals surface area contributed by atoms with Gasteiger partial charge in [0.2, 0.25) is 0 Å². The molecule has 86 valence electrons. The highest BCUT2D eigenvalue weighted by molar-refractivity contribution is 5.06. The van der Waals surface area contributed by atoms with Gasteiger partial charge in [0.15, 0.2) is 0 Å². The molecule has 0 radical (unpaired) electrons. The van der Waals surface area contributed by atoms with Gasteiger partial charge in [-0.2, -0.15) is 0 Å². The molecule has 2 rings (SSSR count). The zero-order chi connectivity index (χ0) is 10.5. The quantitative estimate of drug-likeness (QED) is 0.699. The van der Waals surface area contributed by atoms with E-state index in [1.165, 1.54) is 63.4 Å². The molecule has 0 aromatic heterocycles. The van der Waals surface area contributed by atoms with Gasteiger partial charge in [0.25, 0.3) is 0 Å². The van der Waals surface area contributed by atoms with E-state index in [0.717, 1.165) is 6.42 Å². The van der Waals surface area contributed by atoms with Crippen molar-refractivity contribution >= 4 is 0 Å². The summed E-state index contributed by atoms with van der Waals surface area (Å²) in [6.07, 6.45) is 15.0. The highest BCUT2D eigenvalue weighted by Crippen LogP contribution is 2.31. The van der Waals surface area contributed by atoms with Gasteiger partial charge in [-0.1, -0.05) is 30.9 Å². The lowest BCUT2D eigenvalue weighted by Gasteiger charge is -2.27. The Kier molecular flexibility index (Phi) is 4.25.